The van der Waals surface area contributed by atoms with Crippen LogP contribution in [0.5, 0.6) is 0 Å². The zero-order valence-corrected chi connectivity index (χ0v) is 11.1. The van der Waals surface area contributed by atoms with Crippen molar-refractivity contribution in [3.63, 3.8) is 0 Å². The van der Waals surface area contributed by atoms with Crippen molar-refractivity contribution in [3.05, 3.63) is 29.8 Å². The summed E-state index contributed by atoms with van der Waals surface area (Å²) in [6.07, 6.45) is 3.55. The number of para-hydroxylation sites is 1. The van der Waals surface area contributed by atoms with Crippen LogP contribution in [0.15, 0.2) is 24.3 Å². The van der Waals surface area contributed by atoms with Crippen molar-refractivity contribution in [2.24, 2.45) is 5.73 Å². The Morgan fingerprint density at radius 1 is 1.42 bits per heavy atom. The molecule has 0 saturated carbocycles. The minimum Gasteiger partial charge on any atom is -0.481 e. The monoisotopic (exact) mass is 263 g/mol. The number of carboxylic acid groups (broad SMARTS) is 1. The van der Waals surface area contributed by atoms with Crippen molar-refractivity contribution in [3.8, 4) is 0 Å². The van der Waals surface area contributed by atoms with Gasteiger partial charge < -0.3 is 16.2 Å². The van der Waals surface area contributed by atoms with Crippen LogP contribution in [0, 0.1) is 5.41 Å². The first-order valence-corrected chi connectivity index (χ1v) is 6.49. The summed E-state index contributed by atoms with van der Waals surface area (Å²) in [4.78, 5) is 11.4. The van der Waals surface area contributed by atoms with Crippen molar-refractivity contribution in [1.29, 1.82) is 5.41 Å². The summed E-state index contributed by atoms with van der Waals surface area (Å²) in [6.45, 7) is 2.08. The van der Waals surface area contributed by atoms with Crippen molar-refractivity contribution in [1.82, 2.24) is 0 Å². The third-order valence-corrected chi connectivity index (χ3v) is 3.00. The zero-order valence-electron chi connectivity index (χ0n) is 11.1. The molecule has 0 heterocycles. The van der Waals surface area contributed by atoms with Gasteiger partial charge in [0.2, 0.25) is 0 Å². The average Bonchev–Trinajstić information content (AvgIpc) is 2.35. The lowest BCUT2D eigenvalue weighted by Crippen LogP contribution is -2.23. The number of hydrogen-bond donors (Lipinski definition) is 4. The first kappa shape index (κ1) is 15.0. The largest absolute Gasteiger partial charge is 0.481 e. The summed E-state index contributed by atoms with van der Waals surface area (Å²) in [5.74, 6) is -1.59. The average molecular weight is 263 g/mol. The summed E-state index contributed by atoms with van der Waals surface area (Å²) < 4.78 is 0. The number of nitrogens with two attached hydrogens (primary N) is 1. The predicted octanol–water partition coefficient (Wildman–Crippen LogP) is 2.74. The Bertz CT molecular complexity index is 446. The predicted molar refractivity (Wildman–Crippen MR) is 76.5 cm³/mol. The first-order chi connectivity index (χ1) is 9.06. The van der Waals surface area contributed by atoms with E-state index in [-0.39, 0.29) is 5.96 Å². The molecule has 0 amide bonds. The molecule has 0 aliphatic rings. The van der Waals surface area contributed by atoms with Gasteiger partial charge in [0.1, 0.15) is 0 Å². The number of aliphatic carboxylic acids is 1. The number of hydrogen-bond acceptors (Lipinski definition) is 2. The minimum absolute atomic E-state index is 0.190. The second-order valence-electron chi connectivity index (χ2n) is 4.51. The quantitative estimate of drug-likeness (QED) is 0.345. The molecule has 0 spiro atoms. The Labute approximate surface area is 113 Å². The molecule has 0 aliphatic carbocycles. The van der Waals surface area contributed by atoms with Gasteiger partial charge in [0, 0.05) is 5.69 Å². The van der Waals surface area contributed by atoms with E-state index in [4.69, 9.17) is 11.1 Å². The highest BCUT2D eigenvalue weighted by atomic mass is 16.4. The molecule has 5 heteroatoms. The fourth-order valence-electron chi connectivity index (χ4n) is 2.07. The molecule has 5 N–H and O–H groups in total. The van der Waals surface area contributed by atoms with Crippen LogP contribution in [-0.4, -0.2) is 17.0 Å². The topological polar surface area (TPSA) is 99.2 Å². The van der Waals surface area contributed by atoms with Crippen molar-refractivity contribution in [2.75, 3.05) is 5.32 Å². The van der Waals surface area contributed by atoms with Crippen LogP contribution < -0.4 is 11.1 Å². The van der Waals surface area contributed by atoms with Gasteiger partial charge in [-0.25, -0.2) is 0 Å². The molecule has 1 aromatic carbocycles. The van der Waals surface area contributed by atoms with E-state index in [2.05, 4.69) is 12.2 Å². The smallest absolute Gasteiger partial charge is 0.311 e. The molecule has 1 atom stereocenters. The van der Waals surface area contributed by atoms with E-state index in [1.807, 2.05) is 0 Å². The lowest BCUT2D eigenvalue weighted by atomic mass is 9.92. The van der Waals surface area contributed by atoms with Gasteiger partial charge >= 0.3 is 5.97 Å². The van der Waals surface area contributed by atoms with Gasteiger partial charge in [-0.2, -0.15) is 0 Å². The van der Waals surface area contributed by atoms with Crippen molar-refractivity contribution < 1.29 is 9.90 Å². The Balaban J connectivity index is 2.94. The van der Waals surface area contributed by atoms with Gasteiger partial charge in [0.05, 0.1) is 5.92 Å². The van der Waals surface area contributed by atoms with Gasteiger partial charge in [-0.3, -0.25) is 10.2 Å². The molecular formula is C14H21N3O2. The van der Waals surface area contributed by atoms with E-state index in [0.29, 0.717) is 17.7 Å². The number of carbonyl (C=O) groups is 1. The fourth-order valence-corrected chi connectivity index (χ4v) is 2.07. The zero-order chi connectivity index (χ0) is 14.3. The molecular weight excluding hydrogens is 242 g/mol. The lowest BCUT2D eigenvalue weighted by Gasteiger charge is -2.17. The van der Waals surface area contributed by atoms with Crippen LogP contribution in [0.3, 0.4) is 0 Å². The summed E-state index contributed by atoms with van der Waals surface area (Å²) in [6, 6.07) is 7.11. The highest BCUT2D eigenvalue weighted by Crippen LogP contribution is 2.29. The second kappa shape index (κ2) is 7.41. The summed E-state index contributed by atoms with van der Waals surface area (Å²) in [7, 11) is 0. The highest BCUT2D eigenvalue weighted by Gasteiger charge is 2.22. The van der Waals surface area contributed by atoms with Gasteiger partial charge in [-0.05, 0) is 18.1 Å². The fraction of sp³-hybridized carbons (Fsp3) is 0.429. The number of anilines is 1. The van der Waals surface area contributed by atoms with Gasteiger partial charge in [-0.15, -0.1) is 0 Å². The number of benzene rings is 1. The molecule has 0 bridgehead atoms. The van der Waals surface area contributed by atoms with E-state index in [1.165, 1.54) is 0 Å². The Kier molecular flexibility index (Phi) is 5.85. The molecule has 1 unspecified atom stereocenters. The van der Waals surface area contributed by atoms with Crippen LogP contribution in [0.2, 0.25) is 0 Å². The molecule has 104 valence electrons. The molecule has 0 fully saturated rings. The maximum atomic E-state index is 11.4. The van der Waals surface area contributed by atoms with Crippen LogP contribution >= 0.6 is 0 Å². The van der Waals surface area contributed by atoms with E-state index in [0.717, 1.165) is 19.3 Å². The molecule has 0 saturated heterocycles. The van der Waals surface area contributed by atoms with E-state index < -0.39 is 11.9 Å². The third-order valence-electron chi connectivity index (χ3n) is 3.00. The molecule has 1 rings (SSSR count). The second-order valence-corrected chi connectivity index (χ2v) is 4.51. The SMILES string of the molecule is CCCCCC(C(=O)O)c1ccccc1NC(=N)N. The summed E-state index contributed by atoms with van der Waals surface area (Å²) >= 11 is 0. The molecule has 0 aliphatic heterocycles. The lowest BCUT2D eigenvalue weighted by molar-refractivity contribution is -0.139. The number of unbranched alkanes of at least 4 members (excludes halogenated alkanes) is 2. The highest BCUT2D eigenvalue weighted by molar-refractivity contribution is 5.92. The van der Waals surface area contributed by atoms with Gasteiger partial charge in [0.15, 0.2) is 5.96 Å². The summed E-state index contributed by atoms with van der Waals surface area (Å²) in [5.41, 5.74) is 6.59. The van der Waals surface area contributed by atoms with E-state index >= 15 is 0 Å². The van der Waals surface area contributed by atoms with Crippen LogP contribution in [0.25, 0.3) is 0 Å². The number of guanidine groups is 1. The number of carboxylic acids is 1. The Hall–Kier alpha value is -2.04. The van der Waals surface area contributed by atoms with Gasteiger partial charge in [-0.1, -0.05) is 44.4 Å². The maximum Gasteiger partial charge on any atom is 0.311 e. The number of nitrogens with one attached hydrogen (secondary N) is 2. The summed E-state index contributed by atoms with van der Waals surface area (Å²) in [5, 5.41) is 19.3. The van der Waals surface area contributed by atoms with Gasteiger partial charge in [0.25, 0.3) is 0 Å². The Morgan fingerprint density at radius 2 is 2.11 bits per heavy atom. The standard InChI is InChI=1S/C14H21N3O2/c1-2-3-4-8-11(13(18)19)10-7-5-6-9-12(10)17-14(15)16/h5-7,9,11H,2-4,8H2,1H3,(H,18,19)(H4,15,16,17). The molecule has 1 aromatic rings. The Morgan fingerprint density at radius 3 is 2.68 bits per heavy atom. The maximum absolute atomic E-state index is 11.4. The number of rotatable bonds is 7. The molecule has 19 heavy (non-hydrogen) atoms. The molecule has 0 radical (unpaired) electrons. The molecule has 5 nitrogen and oxygen atoms in total. The molecule has 0 aromatic heterocycles. The normalized spacial score (nSPS) is 11.8. The van der Waals surface area contributed by atoms with Crippen LogP contribution in [0.1, 0.15) is 44.1 Å². The minimum atomic E-state index is -0.839. The first-order valence-electron chi connectivity index (χ1n) is 6.49. The van der Waals surface area contributed by atoms with Crippen molar-refractivity contribution in [2.45, 2.75) is 38.5 Å². The third kappa shape index (κ3) is 4.62. The van der Waals surface area contributed by atoms with Crippen LogP contribution in [-0.2, 0) is 4.79 Å². The van der Waals surface area contributed by atoms with Crippen LogP contribution in [0.4, 0.5) is 5.69 Å². The van der Waals surface area contributed by atoms with E-state index in [1.54, 1.807) is 24.3 Å². The van der Waals surface area contributed by atoms with E-state index in [9.17, 15) is 9.90 Å². The van der Waals surface area contributed by atoms with Crippen molar-refractivity contribution >= 4 is 17.6 Å².